The fourth-order valence-corrected chi connectivity index (χ4v) is 1.36. The minimum atomic E-state index is -0.811. The van der Waals surface area contributed by atoms with E-state index in [1.165, 1.54) is 6.08 Å². The number of carbonyl (C=O) groups excluding carboxylic acids is 1. The molecule has 0 N–H and O–H groups in total. The molecule has 1 rings (SSSR count). The van der Waals surface area contributed by atoms with Gasteiger partial charge in [0.25, 0.3) is 0 Å². The van der Waals surface area contributed by atoms with Crippen LogP contribution in [0.25, 0.3) is 0 Å². The minimum absolute atomic E-state index is 0.162. The molecule has 0 spiro atoms. The fraction of sp³-hybridized carbons (Fsp3) is 0.700. The second kappa shape index (κ2) is 5.00. The van der Waals surface area contributed by atoms with Crippen molar-refractivity contribution in [2.24, 2.45) is 0 Å². The van der Waals surface area contributed by atoms with E-state index in [1.54, 1.807) is 6.92 Å². The molecule has 74 valence electrons. The zero-order chi connectivity index (χ0) is 9.68. The summed E-state index contributed by atoms with van der Waals surface area (Å²) in [5, 5.41) is 0. The van der Waals surface area contributed by atoms with Crippen LogP contribution in [0.3, 0.4) is 0 Å². The third kappa shape index (κ3) is 3.57. The molecule has 13 heavy (non-hydrogen) atoms. The van der Waals surface area contributed by atoms with Gasteiger partial charge in [-0.1, -0.05) is 6.42 Å². The summed E-state index contributed by atoms with van der Waals surface area (Å²) in [7, 11) is 0. The molecule has 0 aromatic heterocycles. The van der Waals surface area contributed by atoms with E-state index in [9.17, 15) is 9.18 Å². The Bertz CT molecular complexity index is 211. The molecule has 0 aliphatic carbocycles. The number of carbonyl (C=O) groups is 1. The maximum absolute atomic E-state index is 12.9. The lowest BCUT2D eigenvalue weighted by atomic mass is 10.1. The summed E-state index contributed by atoms with van der Waals surface area (Å²) in [6.45, 7) is 1.80. The first-order valence-electron chi connectivity index (χ1n) is 4.77. The van der Waals surface area contributed by atoms with Crippen molar-refractivity contribution >= 4 is 5.97 Å². The first kappa shape index (κ1) is 10.2. The van der Waals surface area contributed by atoms with Gasteiger partial charge in [0.05, 0.1) is 6.10 Å². The molecule has 0 fully saturated rings. The van der Waals surface area contributed by atoms with Gasteiger partial charge in [-0.3, -0.25) is 0 Å². The maximum atomic E-state index is 12.9. The van der Waals surface area contributed by atoms with Gasteiger partial charge in [0.2, 0.25) is 5.83 Å². The van der Waals surface area contributed by atoms with Crippen molar-refractivity contribution in [1.82, 2.24) is 0 Å². The number of rotatable bonds is 0. The Labute approximate surface area is 77.8 Å². The molecule has 0 aromatic rings. The summed E-state index contributed by atoms with van der Waals surface area (Å²) in [4.78, 5) is 11.0. The van der Waals surface area contributed by atoms with E-state index in [4.69, 9.17) is 4.74 Å². The number of allylic oxidation sites excluding steroid dienone is 1. The largest absolute Gasteiger partial charge is 0.457 e. The zero-order valence-electron chi connectivity index (χ0n) is 7.88. The van der Waals surface area contributed by atoms with Crippen molar-refractivity contribution in [2.75, 3.05) is 0 Å². The molecule has 2 nitrogen and oxygen atoms in total. The smallest absolute Gasteiger partial charge is 0.367 e. The van der Waals surface area contributed by atoms with Crippen molar-refractivity contribution in [1.29, 1.82) is 0 Å². The Hall–Kier alpha value is -0.860. The van der Waals surface area contributed by atoms with Crippen LogP contribution < -0.4 is 0 Å². The maximum Gasteiger partial charge on any atom is 0.367 e. The third-order valence-electron chi connectivity index (χ3n) is 2.14. The summed E-state index contributed by atoms with van der Waals surface area (Å²) in [5.74, 6) is -1.55. The number of esters is 1. The lowest BCUT2D eigenvalue weighted by Gasteiger charge is -2.13. The van der Waals surface area contributed by atoms with Crippen LogP contribution in [0, 0.1) is 0 Å². The fourth-order valence-electron chi connectivity index (χ4n) is 1.36. The summed E-state index contributed by atoms with van der Waals surface area (Å²) in [5.41, 5.74) is 0. The van der Waals surface area contributed by atoms with Crippen LogP contribution in [0.15, 0.2) is 11.9 Å². The van der Waals surface area contributed by atoms with Crippen molar-refractivity contribution in [3.63, 3.8) is 0 Å². The lowest BCUT2D eigenvalue weighted by molar-refractivity contribution is -0.145. The Morgan fingerprint density at radius 1 is 1.46 bits per heavy atom. The molecule has 0 amide bonds. The monoisotopic (exact) mass is 186 g/mol. The molecule has 1 aliphatic rings. The SMILES string of the molecule is CC1CCCCC/C=C(/F)C(=O)O1. The number of hydrogen-bond donors (Lipinski definition) is 0. The van der Waals surface area contributed by atoms with Crippen LogP contribution >= 0.6 is 0 Å². The van der Waals surface area contributed by atoms with Crippen LogP contribution in [0.2, 0.25) is 0 Å². The predicted octanol–water partition coefficient (Wildman–Crippen LogP) is 2.74. The second-order valence-corrected chi connectivity index (χ2v) is 3.41. The number of hydrogen-bond acceptors (Lipinski definition) is 2. The topological polar surface area (TPSA) is 26.3 Å². The molecule has 1 atom stereocenters. The molecule has 0 aromatic carbocycles. The summed E-state index contributed by atoms with van der Waals surface area (Å²) in [6.07, 6.45) is 5.70. The highest BCUT2D eigenvalue weighted by atomic mass is 19.1. The molecule has 1 heterocycles. The van der Waals surface area contributed by atoms with E-state index in [-0.39, 0.29) is 6.10 Å². The zero-order valence-corrected chi connectivity index (χ0v) is 7.88. The Balaban J connectivity index is 2.57. The molecular formula is C10H15FO2. The van der Waals surface area contributed by atoms with Gasteiger partial charge in [-0.15, -0.1) is 0 Å². The Morgan fingerprint density at radius 3 is 3.00 bits per heavy atom. The molecule has 1 aliphatic heterocycles. The van der Waals surface area contributed by atoms with Gasteiger partial charge in [-0.05, 0) is 38.7 Å². The molecule has 0 radical (unpaired) electrons. The van der Waals surface area contributed by atoms with Gasteiger partial charge in [0, 0.05) is 0 Å². The first-order chi connectivity index (χ1) is 6.20. The normalized spacial score (nSPS) is 30.2. The van der Waals surface area contributed by atoms with Gasteiger partial charge in [-0.25, -0.2) is 4.79 Å². The lowest BCUT2D eigenvalue weighted by Crippen LogP contribution is -2.15. The van der Waals surface area contributed by atoms with Crippen LogP contribution in [0.1, 0.15) is 39.0 Å². The van der Waals surface area contributed by atoms with E-state index < -0.39 is 11.8 Å². The van der Waals surface area contributed by atoms with Crippen LogP contribution in [-0.2, 0) is 9.53 Å². The molecular weight excluding hydrogens is 171 g/mol. The molecule has 0 saturated carbocycles. The highest BCUT2D eigenvalue weighted by Crippen LogP contribution is 2.14. The van der Waals surface area contributed by atoms with Crippen molar-refractivity contribution in [3.05, 3.63) is 11.9 Å². The highest BCUT2D eigenvalue weighted by molar-refractivity contribution is 5.85. The third-order valence-corrected chi connectivity index (χ3v) is 2.14. The standard InChI is InChI=1S/C10H15FO2/c1-8-6-4-2-3-5-7-9(11)10(12)13-8/h7-8H,2-6H2,1H3/b9-7+. The van der Waals surface area contributed by atoms with E-state index in [0.29, 0.717) is 6.42 Å². The average Bonchev–Trinajstić information content (AvgIpc) is 2.09. The summed E-state index contributed by atoms with van der Waals surface area (Å²) >= 11 is 0. The molecule has 1 unspecified atom stereocenters. The van der Waals surface area contributed by atoms with Crippen molar-refractivity contribution < 1.29 is 13.9 Å². The average molecular weight is 186 g/mol. The van der Waals surface area contributed by atoms with Crippen LogP contribution in [-0.4, -0.2) is 12.1 Å². The molecule has 0 saturated heterocycles. The van der Waals surface area contributed by atoms with Crippen LogP contribution in [0.4, 0.5) is 4.39 Å². The van der Waals surface area contributed by atoms with Gasteiger partial charge in [-0.2, -0.15) is 4.39 Å². The summed E-state index contributed by atoms with van der Waals surface area (Å²) < 4.78 is 17.7. The van der Waals surface area contributed by atoms with Crippen molar-refractivity contribution in [3.8, 4) is 0 Å². The molecule has 0 bridgehead atoms. The van der Waals surface area contributed by atoms with Gasteiger partial charge in [0.1, 0.15) is 0 Å². The van der Waals surface area contributed by atoms with E-state index >= 15 is 0 Å². The van der Waals surface area contributed by atoms with E-state index in [2.05, 4.69) is 0 Å². The quantitative estimate of drug-likeness (QED) is 0.544. The van der Waals surface area contributed by atoms with Gasteiger partial charge >= 0.3 is 5.97 Å². The van der Waals surface area contributed by atoms with Crippen LogP contribution in [0.5, 0.6) is 0 Å². The van der Waals surface area contributed by atoms with Crippen molar-refractivity contribution in [2.45, 2.75) is 45.1 Å². The van der Waals surface area contributed by atoms with Gasteiger partial charge in [0.15, 0.2) is 0 Å². The van der Waals surface area contributed by atoms with E-state index in [1.807, 2.05) is 0 Å². The predicted molar refractivity (Wildman–Crippen MR) is 47.8 cm³/mol. The Morgan fingerprint density at radius 2 is 2.23 bits per heavy atom. The number of halogens is 1. The molecule has 3 heteroatoms. The minimum Gasteiger partial charge on any atom is -0.457 e. The Kier molecular flexibility index (Phi) is 3.93. The number of ether oxygens (including phenoxy) is 1. The van der Waals surface area contributed by atoms with E-state index in [0.717, 1.165) is 25.7 Å². The second-order valence-electron chi connectivity index (χ2n) is 3.41. The summed E-state index contributed by atoms with van der Waals surface area (Å²) in [6, 6.07) is 0. The number of cyclic esters (lactones) is 1. The highest BCUT2D eigenvalue weighted by Gasteiger charge is 2.14. The first-order valence-corrected chi connectivity index (χ1v) is 4.77. The van der Waals surface area contributed by atoms with Gasteiger partial charge < -0.3 is 4.74 Å².